The van der Waals surface area contributed by atoms with Crippen LogP contribution in [0.1, 0.15) is 43.5 Å². The summed E-state index contributed by atoms with van der Waals surface area (Å²) < 4.78 is 30.0. The Morgan fingerprint density at radius 3 is 2.48 bits per heavy atom. The van der Waals surface area contributed by atoms with Gasteiger partial charge in [0.05, 0.1) is 51.7 Å². The van der Waals surface area contributed by atoms with Gasteiger partial charge in [0.1, 0.15) is 6.61 Å². The first-order chi connectivity index (χ1) is 23.1. The van der Waals surface area contributed by atoms with Crippen LogP contribution in [0.25, 0.3) is 6.08 Å². The summed E-state index contributed by atoms with van der Waals surface area (Å²) in [5.41, 5.74) is 2.48. The van der Waals surface area contributed by atoms with Gasteiger partial charge in [-0.1, -0.05) is 59.3 Å². The Balaban J connectivity index is 1.58. The Morgan fingerprint density at radius 1 is 1.02 bits per heavy atom. The van der Waals surface area contributed by atoms with Crippen molar-refractivity contribution in [3.63, 3.8) is 0 Å². The van der Waals surface area contributed by atoms with Gasteiger partial charge in [-0.2, -0.15) is 0 Å². The number of carbonyl (C=O) groups excluding carboxylic acids is 2. The molecule has 0 spiro atoms. The molecule has 1 aliphatic heterocycles. The number of hydrogen-bond acceptors (Lipinski definition) is 10. The van der Waals surface area contributed by atoms with E-state index in [1.54, 1.807) is 51.1 Å². The summed E-state index contributed by atoms with van der Waals surface area (Å²) in [7, 11) is 1.27. The third kappa shape index (κ3) is 7.67. The number of allylic oxidation sites excluding steroid dienone is 1. The number of methoxy groups -OCH3 is 1. The number of rotatable bonds is 12. The third-order valence-electron chi connectivity index (χ3n) is 7.22. The van der Waals surface area contributed by atoms with Gasteiger partial charge in [-0.3, -0.25) is 9.36 Å². The molecule has 0 N–H and O–H groups in total. The van der Waals surface area contributed by atoms with Crippen molar-refractivity contribution in [2.75, 3.05) is 26.9 Å². The molecule has 48 heavy (non-hydrogen) atoms. The molecule has 13 heteroatoms. The average Bonchev–Trinajstić information content (AvgIpc) is 3.37. The molecular formula is C35H32BrClN2O8S. The lowest BCUT2D eigenvalue weighted by molar-refractivity contribution is -0.143. The minimum Gasteiger partial charge on any atom is -0.490 e. The molecule has 0 fully saturated rings. The number of fused-ring (bicyclic) bond motifs is 1. The molecule has 0 saturated heterocycles. The molecule has 1 aromatic heterocycles. The summed E-state index contributed by atoms with van der Waals surface area (Å²) in [5, 5.41) is 0.371. The number of nitrogens with zero attached hydrogens (tertiary/aromatic N) is 2. The second-order valence-electron chi connectivity index (χ2n) is 10.4. The van der Waals surface area contributed by atoms with Crippen LogP contribution in [0.2, 0.25) is 5.02 Å². The van der Waals surface area contributed by atoms with E-state index in [-0.39, 0.29) is 24.3 Å². The number of thiazole rings is 1. The molecule has 1 aliphatic rings. The van der Waals surface area contributed by atoms with Crippen molar-refractivity contribution < 1.29 is 33.3 Å². The van der Waals surface area contributed by atoms with Gasteiger partial charge < -0.3 is 23.7 Å². The minimum absolute atomic E-state index is 0.137. The Hall–Kier alpha value is -4.39. The average molecular weight is 756 g/mol. The van der Waals surface area contributed by atoms with Crippen LogP contribution in [0.5, 0.6) is 17.2 Å². The summed E-state index contributed by atoms with van der Waals surface area (Å²) in [5.74, 6) is -0.0374. The van der Waals surface area contributed by atoms with Crippen LogP contribution in [0, 0.1) is 0 Å². The molecule has 0 amide bonds. The number of aromatic nitrogens is 1. The fourth-order valence-corrected chi connectivity index (χ4v) is 7.10. The largest absolute Gasteiger partial charge is 0.490 e. The van der Waals surface area contributed by atoms with Gasteiger partial charge in [0.2, 0.25) is 0 Å². The van der Waals surface area contributed by atoms with E-state index >= 15 is 0 Å². The van der Waals surface area contributed by atoms with Gasteiger partial charge in [0, 0.05) is 0 Å². The van der Waals surface area contributed by atoms with Crippen LogP contribution >= 0.6 is 38.9 Å². The number of hydrogen-bond donors (Lipinski definition) is 0. The SMILES string of the molecule is CCOC(=O)C1=C(C)N=c2s/c(=C\c3cc(Cl)c(OCc4ccccc4)c(Br)c3)c(=O)n2[C@H]1c1ccc(OCC(=O)OC)c(OCC)c1. The zero-order valence-electron chi connectivity index (χ0n) is 26.6. The summed E-state index contributed by atoms with van der Waals surface area (Å²) in [4.78, 5) is 44.3. The first-order valence-corrected chi connectivity index (χ1v) is 17.0. The van der Waals surface area contributed by atoms with Gasteiger partial charge >= 0.3 is 11.9 Å². The number of carbonyl (C=O) groups is 2. The van der Waals surface area contributed by atoms with Crippen LogP contribution in [0.3, 0.4) is 0 Å². The molecule has 250 valence electrons. The first kappa shape index (κ1) is 34.9. The Labute approximate surface area is 294 Å². The Kier molecular flexibility index (Phi) is 11.4. The highest BCUT2D eigenvalue weighted by molar-refractivity contribution is 9.10. The van der Waals surface area contributed by atoms with Crippen molar-refractivity contribution in [2.24, 2.45) is 4.99 Å². The highest BCUT2D eigenvalue weighted by atomic mass is 79.9. The maximum absolute atomic E-state index is 14.1. The van der Waals surface area contributed by atoms with E-state index in [1.165, 1.54) is 23.0 Å². The van der Waals surface area contributed by atoms with E-state index < -0.39 is 18.0 Å². The van der Waals surface area contributed by atoms with Crippen molar-refractivity contribution in [1.82, 2.24) is 4.57 Å². The van der Waals surface area contributed by atoms with Gasteiger partial charge in [0.15, 0.2) is 28.7 Å². The van der Waals surface area contributed by atoms with Crippen molar-refractivity contribution in [3.8, 4) is 17.2 Å². The van der Waals surface area contributed by atoms with Crippen molar-refractivity contribution in [2.45, 2.75) is 33.4 Å². The molecule has 0 saturated carbocycles. The van der Waals surface area contributed by atoms with Crippen LogP contribution in [-0.2, 0) is 25.7 Å². The second kappa shape index (κ2) is 15.7. The summed E-state index contributed by atoms with van der Waals surface area (Å²) in [6, 6.07) is 17.4. The number of ether oxygens (including phenoxy) is 5. The highest BCUT2D eigenvalue weighted by Gasteiger charge is 2.34. The number of benzene rings is 3. The minimum atomic E-state index is -0.889. The zero-order valence-corrected chi connectivity index (χ0v) is 29.7. The van der Waals surface area contributed by atoms with Crippen molar-refractivity contribution >= 4 is 56.9 Å². The molecule has 1 atom stereocenters. The van der Waals surface area contributed by atoms with Crippen molar-refractivity contribution in [3.05, 3.63) is 118 Å². The molecule has 4 aromatic rings. The molecule has 0 bridgehead atoms. The Morgan fingerprint density at radius 2 is 1.79 bits per heavy atom. The summed E-state index contributed by atoms with van der Waals surface area (Å²) in [6.45, 7) is 5.67. The monoisotopic (exact) mass is 754 g/mol. The lowest BCUT2D eigenvalue weighted by Crippen LogP contribution is -2.40. The van der Waals surface area contributed by atoms with Gasteiger partial charge in [0.25, 0.3) is 5.56 Å². The maximum Gasteiger partial charge on any atom is 0.343 e. The summed E-state index contributed by atoms with van der Waals surface area (Å²) in [6.07, 6.45) is 1.72. The Bertz CT molecular complexity index is 2040. The quantitative estimate of drug-likeness (QED) is 0.168. The van der Waals surface area contributed by atoms with E-state index in [1.807, 2.05) is 36.4 Å². The predicted molar refractivity (Wildman–Crippen MR) is 185 cm³/mol. The van der Waals surface area contributed by atoms with Crippen LogP contribution < -0.4 is 29.1 Å². The third-order valence-corrected chi connectivity index (χ3v) is 9.07. The van der Waals surface area contributed by atoms with E-state index in [0.29, 0.717) is 66.1 Å². The molecular weight excluding hydrogens is 724 g/mol. The molecule has 0 radical (unpaired) electrons. The number of esters is 2. The number of halogens is 2. The van der Waals surface area contributed by atoms with Crippen LogP contribution in [0.4, 0.5) is 0 Å². The van der Waals surface area contributed by atoms with Crippen LogP contribution in [0.15, 0.2) is 86.2 Å². The van der Waals surface area contributed by atoms with E-state index in [9.17, 15) is 14.4 Å². The van der Waals surface area contributed by atoms with Crippen LogP contribution in [-0.4, -0.2) is 43.4 Å². The normalized spacial score (nSPS) is 14.2. The lowest BCUT2D eigenvalue weighted by Gasteiger charge is -2.25. The van der Waals surface area contributed by atoms with Gasteiger partial charge in [-0.05, 0) is 83.7 Å². The molecule has 10 nitrogen and oxygen atoms in total. The zero-order chi connectivity index (χ0) is 34.4. The standard InChI is InChI=1S/C35H32BrClN2O8S/c1-5-44-27-17-23(12-13-26(27)46-19-29(40)43-4)31-30(34(42)45-6-2)20(3)38-35-39(31)33(41)28(48-35)16-22-14-24(36)32(25(37)15-22)47-18-21-10-8-7-9-11-21/h7-17,31H,5-6,18-19H2,1-4H3/b28-16-/t31-/m0/s1. The molecule has 5 rings (SSSR count). The van der Waals surface area contributed by atoms with E-state index in [4.69, 9.17) is 30.5 Å². The smallest absolute Gasteiger partial charge is 0.343 e. The fourth-order valence-electron chi connectivity index (χ4n) is 5.07. The van der Waals surface area contributed by atoms with E-state index in [2.05, 4.69) is 25.7 Å². The first-order valence-electron chi connectivity index (χ1n) is 15.0. The fraction of sp³-hybridized carbons (Fsp3) is 0.257. The summed E-state index contributed by atoms with van der Waals surface area (Å²) >= 11 is 11.4. The second-order valence-corrected chi connectivity index (χ2v) is 12.7. The van der Waals surface area contributed by atoms with Gasteiger partial charge in [-0.15, -0.1) is 0 Å². The predicted octanol–water partition coefficient (Wildman–Crippen LogP) is 5.74. The van der Waals surface area contributed by atoms with Crippen molar-refractivity contribution in [1.29, 1.82) is 0 Å². The lowest BCUT2D eigenvalue weighted by atomic mass is 9.95. The molecule has 2 heterocycles. The van der Waals surface area contributed by atoms with E-state index in [0.717, 1.165) is 5.56 Å². The maximum atomic E-state index is 14.1. The molecule has 3 aromatic carbocycles. The molecule has 0 aliphatic carbocycles. The highest BCUT2D eigenvalue weighted by Crippen LogP contribution is 2.37. The van der Waals surface area contributed by atoms with Gasteiger partial charge in [-0.25, -0.2) is 14.6 Å². The molecule has 0 unspecified atom stereocenters. The topological polar surface area (TPSA) is 115 Å².